The second-order valence-electron chi connectivity index (χ2n) is 20.7. The summed E-state index contributed by atoms with van der Waals surface area (Å²) in [6.45, 7) is 0. The van der Waals surface area contributed by atoms with Crippen LogP contribution in [-0.2, 0) is 81.6 Å². The molecule has 0 bridgehead atoms. The van der Waals surface area contributed by atoms with Crippen LogP contribution in [0.1, 0.15) is 123 Å². The van der Waals surface area contributed by atoms with Gasteiger partial charge in [-0.25, -0.2) is 0 Å². The number of esters is 7. The van der Waals surface area contributed by atoms with Gasteiger partial charge in [0.1, 0.15) is 6.07 Å². The fraction of sp³-hybridized carbons (Fsp3) is 0.243. The van der Waals surface area contributed by atoms with Crippen molar-refractivity contribution in [1.29, 1.82) is 0 Å². The van der Waals surface area contributed by atoms with Crippen LogP contribution in [-0.4, -0.2) is 346 Å². The normalized spacial score (nSPS) is 11.3. The summed E-state index contributed by atoms with van der Waals surface area (Å²) in [6, 6.07) is 10.4. The predicted molar refractivity (Wildman–Crippen MR) is 447 cm³/mol. The SMILES string of the molecule is COC(=O)c1[se]c(CCl)c(CCl)c1F.COC(=O)c1[se]c2c(Br)[se]c(Br)c2c1F.COC(=O)c1[se]c2c(c1F)C[Se]C2.COC(=O)c1[se]c2c(c1F)C[Se]Cc1c([se]c(C(=O)OC)c1F)C[Se]C2.COC(=O)c1[se]c2c[se]cc2c1F.COC(=O)c1[se]ccc1F.COCCl.O=C(O)c1[se]ccc1F.O=C(O)c1ccc[se]1.c1cc[se]c1. The summed E-state index contributed by atoms with van der Waals surface area (Å²) in [5.74, 6) is -9.09. The Morgan fingerprint density at radius 3 is 1.12 bits per heavy atom. The van der Waals surface area contributed by atoms with E-state index in [1.54, 1.807) is 29.1 Å². The number of carbonyl (C=O) groups is 9. The Balaban J connectivity index is 0.000000240. The molecule has 117 heavy (non-hydrogen) atoms. The number of methoxy groups -OCH3 is 8. The van der Waals surface area contributed by atoms with Crippen LogP contribution in [0.3, 0.4) is 0 Å². The van der Waals surface area contributed by atoms with Crippen LogP contribution < -0.4 is 0 Å². The maximum absolute atomic E-state index is 14.7. The van der Waals surface area contributed by atoms with Gasteiger partial charge in [0.05, 0.1) is 0 Å². The molecule has 2 N–H and O–H groups in total. The van der Waals surface area contributed by atoms with Gasteiger partial charge in [-0.1, -0.05) is 11.6 Å². The average Bonchev–Trinajstić information content (AvgIpc) is 1.62. The minimum atomic E-state index is -1.14. The van der Waals surface area contributed by atoms with Crippen LogP contribution in [0.2, 0.25) is 0 Å². The van der Waals surface area contributed by atoms with Crippen molar-refractivity contribution in [3.63, 3.8) is 0 Å². The molecule has 14 rings (SSSR count). The summed E-state index contributed by atoms with van der Waals surface area (Å²) in [5.41, 5.74) is 2.47. The monoisotopic (exact) mass is 2810 g/mol. The number of halogens is 13. The van der Waals surface area contributed by atoms with E-state index >= 15 is 0 Å². The number of carboxylic acids is 2. The second kappa shape index (κ2) is 55.2. The van der Waals surface area contributed by atoms with E-state index < -0.39 is 88.6 Å². The maximum atomic E-state index is 14.7. The van der Waals surface area contributed by atoms with Crippen molar-refractivity contribution in [2.45, 2.75) is 43.7 Å². The molecule has 14 heterocycles. The van der Waals surface area contributed by atoms with Gasteiger partial charge in [0.25, 0.3) is 0 Å². The molecule has 12 aromatic heterocycles. The Labute approximate surface area is 785 Å². The molecular weight excluding hydrogens is 2750 g/mol. The number of hydrogen-bond acceptors (Lipinski definition) is 17. The fourth-order valence-electron chi connectivity index (χ4n) is 8.37. The number of ether oxygens (including phenoxy) is 8. The summed E-state index contributed by atoms with van der Waals surface area (Å²) in [5, 5.41) is 22.3. The first-order chi connectivity index (χ1) is 55.8. The van der Waals surface area contributed by atoms with Crippen molar-refractivity contribution in [3.05, 3.63) is 204 Å². The topological polar surface area (TPSA) is 268 Å². The number of carbonyl (C=O) groups excluding carboxylic acids is 7. The van der Waals surface area contributed by atoms with Gasteiger partial charge < -0.3 is 4.74 Å². The molecule has 47 heteroatoms. The van der Waals surface area contributed by atoms with Gasteiger partial charge in [0, 0.05) is 7.11 Å². The molecule has 2 aliphatic rings. The molecule has 2 aliphatic heterocycles. The van der Waals surface area contributed by atoms with E-state index in [2.05, 4.69) is 82.3 Å². The van der Waals surface area contributed by atoms with Crippen LogP contribution in [0.25, 0.3) is 19.3 Å². The van der Waals surface area contributed by atoms with Gasteiger partial charge in [-0.15, -0.1) is 0 Å². The molecule has 0 saturated carbocycles. The Hall–Kier alpha value is -1.47. The number of carboxylic acid groups (broad SMARTS) is 2. The third-order valence-electron chi connectivity index (χ3n) is 13.8. The standard InChI is InChI=1S/C16H14F2O4Se4.C8H3Br2FO2Se2.C8H7Cl2FO2Se.C8H7FO2Se2.C8H5FO2Se2.C6H5FO2Se.C5H3FO2Se.C5H4O2Se.C4H4Se.C2H5ClO/c1-21-15(19)13-11(17)7-3-23-4-8-10(6-24-5-9(7)25-13)26-14(12(8)18)16(20)22-2;1-13-8(12)5-3(11)2-4(14-5)7(10)15-6(2)9;1-13-8(12)7-6(11)4(2-9)5(3-10)14-7;2*1-11-8(10)7-6(9)4-2-12-3-5(4)13-7;1-9-6(8)5-4(7)2-3-10-5;6-3-1-2-9-4(3)5(7)8;6-5(7)4-2-1-3-8-4;1-2-4-5-3-1;1-4-2-3/h3-6H2,1-2H3;1H3;2-3H2,1H3;2-3H2,1H3;2-3H,1H3;2-3H,1H3;1-2H,(H,7,8);1-3H,(H,6,7);1-4H;2H2,1H3. The molecule has 0 radical (unpaired) electrons. The fourth-order valence-corrected chi connectivity index (χ4v) is 47.8. The quantitative estimate of drug-likeness (QED) is 0.0379. The van der Waals surface area contributed by atoms with E-state index in [-0.39, 0.29) is 248 Å². The molecule has 632 valence electrons. The number of aromatic carboxylic acids is 2. The molecular formula is C70H57Br2Cl3F8O19Se15. The first-order valence-electron chi connectivity index (χ1n) is 31.2. The third kappa shape index (κ3) is 30.7. The summed E-state index contributed by atoms with van der Waals surface area (Å²) in [7, 11) is 10.4. The summed E-state index contributed by atoms with van der Waals surface area (Å²) < 4.78 is 154. The van der Waals surface area contributed by atoms with Gasteiger partial charge in [0.15, 0.2) is 0 Å². The molecule has 12 aromatic rings. The Morgan fingerprint density at radius 1 is 0.402 bits per heavy atom. The Kier molecular flexibility index (Phi) is 50.0. The van der Waals surface area contributed by atoms with E-state index in [9.17, 15) is 78.3 Å². The Morgan fingerprint density at radius 2 is 0.803 bits per heavy atom. The first-order valence-corrected chi connectivity index (χ1v) is 63.1. The summed E-state index contributed by atoms with van der Waals surface area (Å²) in [6.07, 6.45) is 0. The van der Waals surface area contributed by atoms with Crippen molar-refractivity contribution in [1.82, 2.24) is 0 Å². The second-order valence-corrected chi connectivity index (χ2v) is 56.5. The molecule has 0 spiro atoms. The Bertz CT molecular complexity index is 5210. The van der Waals surface area contributed by atoms with Crippen molar-refractivity contribution in [2.24, 2.45) is 0 Å². The summed E-state index contributed by atoms with van der Waals surface area (Å²) in [4.78, 5) is 112. The zero-order valence-electron chi connectivity index (χ0n) is 60.7. The zero-order chi connectivity index (χ0) is 86.9. The minimum absolute atomic E-state index is 0.0378. The number of alkyl halides is 3. The van der Waals surface area contributed by atoms with Crippen molar-refractivity contribution in [2.75, 3.05) is 62.9 Å². The van der Waals surface area contributed by atoms with Crippen LogP contribution in [0.4, 0.5) is 35.1 Å². The molecule has 0 amide bonds. The van der Waals surface area contributed by atoms with Gasteiger partial charge in [0.2, 0.25) is 0 Å². The van der Waals surface area contributed by atoms with E-state index in [4.69, 9.17) is 54.5 Å². The van der Waals surface area contributed by atoms with E-state index in [1.165, 1.54) is 66.3 Å². The molecule has 0 fully saturated rings. The van der Waals surface area contributed by atoms with Crippen LogP contribution in [0.5, 0.6) is 0 Å². The van der Waals surface area contributed by atoms with Crippen molar-refractivity contribution >= 4 is 359 Å². The zero-order valence-corrected chi connectivity index (χ0v) is 91.9. The van der Waals surface area contributed by atoms with E-state index in [0.29, 0.717) is 82.5 Å². The number of hydrogen-bond donors (Lipinski definition) is 2. The first kappa shape index (κ1) is 106. The van der Waals surface area contributed by atoms with Gasteiger partial charge in [-0.3, -0.25) is 0 Å². The number of rotatable bonds is 12. The van der Waals surface area contributed by atoms with Crippen molar-refractivity contribution < 1.29 is 126 Å². The molecule has 19 nitrogen and oxygen atoms in total. The average molecular weight is 2800 g/mol. The van der Waals surface area contributed by atoms with Gasteiger partial charge in [-0.2, -0.15) is 0 Å². The third-order valence-corrected chi connectivity index (χ3v) is 53.0. The number of fused-ring (bicyclic) bond motifs is 5. The van der Waals surface area contributed by atoms with Crippen molar-refractivity contribution in [3.8, 4) is 0 Å². The van der Waals surface area contributed by atoms with Crippen LogP contribution >= 0.6 is 66.7 Å². The van der Waals surface area contributed by atoms with Gasteiger partial charge in [-0.05, 0) is 0 Å². The van der Waals surface area contributed by atoms with E-state index in [0.717, 1.165) is 50.9 Å². The molecule has 0 saturated heterocycles. The molecule has 0 unspecified atom stereocenters. The summed E-state index contributed by atoms with van der Waals surface area (Å²) >= 11 is 22.7. The van der Waals surface area contributed by atoms with Crippen LogP contribution in [0.15, 0.2) is 77.7 Å². The predicted octanol–water partition coefficient (Wildman–Crippen LogP) is 9.86. The molecule has 0 aliphatic carbocycles. The molecule has 0 atom stereocenters. The van der Waals surface area contributed by atoms with Crippen LogP contribution in [0, 0.1) is 46.5 Å². The molecule has 0 aromatic carbocycles. The van der Waals surface area contributed by atoms with E-state index in [1.807, 2.05) is 14.8 Å². The van der Waals surface area contributed by atoms with Gasteiger partial charge >= 0.3 is 766 Å².